The minimum atomic E-state index is -1.70. The van der Waals surface area contributed by atoms with Crippen molar-refractivity contribution in [3.05, 3.63) is 0 Å². The van der Waals surface area contributed by atoms with Crippen molar-refractivity contribution in [2.45, 2.75) is 0 Å². The summed E-state index contributed by atoms with van der Waals surface area (Å²) >= 11 is 0. The van der Waals surface area contributed by atoms with E-state index < -0.39 is 47.5 Å². The van der Waals surface area contributed by atoms with Gasteiger partial charge in [0.15, 0.2) is 0 Å². The molecule has 1 fully saturated rings. The molecule has 0 aromatic rings. The topological polar surface area (TPSA) is 149 Å². The van der Waals surface area contributed by atoms with Crippen LogP contribution in [-0.2, 0) is 19.2 Å². The quantitative estimate of drug-likeness (QED) is 0.519. The van der Waals surface area contributed by atoms with Crippen LogP contribution in [0.15, 0.2) is 0 Å². The summed E-state index contributed by atoms with van der Waals surface area (Å²) in [6.07, 6.45) is 0. The third-order valence-corrected chi connectivity index (χ3v) is 2.69. The lowest BCUT2D eigenvalue weighted by molar-refractivity contribution is -0.191. The van der Waals surface area contributed by atoms with E-state index in [0.29, 0.717) is 0 Å². The van der Waals surface area contributed by atoms with E-state index in [2.05, 4.69) is 0 Å². The summed E-state index contributed by atoms with van der Waals surface area (Å²) < 4.78 is 0. The number of rotatable bonds is 4. The van der Waals surface area contributed by atoms with Gasteiger partial charge in [-0.15, -0.1) is 12.4 Å². The molecule has 0 aliphatic heterocycles. The van der Waals surface area contributed by atoms with Crippen LogP contribution in [0, 0.1) is 23.7 Å². The molecule has 0 heterocycles. The first-order valence-electron chi connectivity index (χ1n) is 4.20. The summed E-state index contributed by atoms with van der Waals surface area (Å²) in [6.45, 7) is 0. The summed E-state index contributed by atoms with van der Waals surface area (Å²) in [5.41, 5.74) is 0. The zero-order chi connectivity index (χ0) is 12.6. The van der Waals surface area contributed by atoms with Gasteiger partial charge in [0, 0.05) is 0 Å². The van der Waals surface area contributed by atoms with E-state index in [1.807, 2.05) is 0 Å². The molecule has 1 aliphatic carbocycles. The highest BCUT2D eigenvalue weighted by Gasteiger charge is 2.64. The van der Waals surface area contributed by atoms with Gasteiger partial charge in [-0.05, 0) is 0 Å². The Hall–Kier alpha value is -1.83. The molecule has 0 amide bonds. The molecule has 1 saturated carbocycles. The lowest BCUT2D eigenvalue weighted by atomic mass is 9.56. The number of carboxylic acids is 4. The van der Waals surface area contributed by atoms with Crippen LogP contribution in [0.1, 0.15) is 0 Å². The highest BCUT2D eigenvalue weighted by molar-refractivity contribution is 5.95. The highest BCUT2D eigenvalue weighted by Crippen LogP contribution is 2.46. The fraction of sp³-hybridized carbons (Fsp3) is 0.500. The molecule has 4 N–H and O–H groups in total. The zero-order valence-corrected chi connectivity index (χ0v) is 8.96. The largest absolute Gasteiger partial charge is 0.481 e. The number of carbonyl (C=O) groups is 4. The average Bonchev–Trinajstić information content (AvgIpc) is 1.97. The van der Waals surface area contributed by atoms with Gasteiger partial charge >= 0.3 is 23.9 Å². The number of hydrogen-bond donors (Lipinski definition) is 4. The Kier molecular flexibility index (Phi) is 4.46. The van der Waals surface area contributed by atoms with Gasteiger partial charge in [0.2, 0.25) is 0 Å². The van der Waals surface area contributed by atoms with Crippen LogP contribution < -0.4 is 0 Å². The second-order valence-electron chi connectivity index (χ2n) is 3.46. The van der Waals surface area contributed by atoms with Crippen LogP contribution in [0.3, 0.4) is 0 Å². The average molecular weight is 269 g/mol. The summed E-state index contributed by atoms with van der Waals surface area (Å²) in [5, 5.41) is 34.6. The van der Waals surface area contributed by atoms with Gasteiger partial charge in [-0.3, -0.25) is 19.2 Å². The lowest BCUT2D eigenvalue weighted by Gasteiger charge is -2.42. The molecule has 1 rings (SSSR count). The summed E-state index contributed by atoms with van der Waals surface area (Å²) in [6, 6.07) is 0. The minimum Gasteiger partial charge on any atom is -0.481 e. The van der Waals surface area contributed by atoms with Crippen molar-refractivity contribution < 1.29 is 39.6 Å². The van der Waals surface area contributed by atoms with Gasteiger partial charge in [-0.1, -0.05) is 0 Å². The first kappa shape index (κ1) is 15.2. The summed E-state index contributed by atoms with van der Waals surface area (Å²) in [5.74, 6) is -13.2. The molecule has 8 nitrogen and oxygen atoms in total. The summed E-state index contributed by atoms with van der Waals surface area (Å²) in [4.78, 5) is 42.6. The molecule has 0 bridgehead atoms. The Morgan fingerprint density at radius 3 is 0.706 bits per heavy atom. The summed E-state index contributed by atoms with van der Waals surface area (Å²) in [7, 11) is 0. The monoisotopic (exact) mass is 268 g/mol. The fourth-order valence-electron chi connectivity index (χ4n) is 1.98. The van der Waals surface area contributed by atoms with Gasteiger partial charge in [0.25, 0.3) is 0 Å². The van der Waals surface area contributed by atoms with Crippen LogP contribution in [-0.4, -0.2) is 44.3 Å². The van der Waals surface area contributed by atoms with Gasteiger partial charge in [-0.2, -0.15) is 0 Å². The van der Waals surface area contributed by atoms with Crippen molar-refractivity contribution in [1.82, 2.24) is 0 Å². The normalized spacial score (nSPS) is 30.6. The van der Waals surface area contributed by atoms with Gasteiger partial charge in [0.1, 0.15) is 0 Å². The molecular formula is C8H9ClO8. The van der Waals surface area contributed by atoms with E-state index in [9.17, 15) is 19.2 Å². The van der Waals surface area contributed by atoms with E-state index in [-0.39, 0.29) is 12.4 Å². The fourth-order valence-corrected chi connectivity index (χ4v) is 1.98. The van der Waals surface area contributed by atoms with E-state index in [0.717, 1.165) is 0 Å². The van der Waals surface area contributed by atoms with E-state index in [1.165, 1.54) is 0 Å². The third-order valence-electron chi connectivity index (χ3n) is 2.69. The second-order valence-corrected chi connectivity index (χ2v) is 3.46. The van der Waals surface area contributed by atoms with Crippen molar-refractivity contribution in [3.8, 4) is 0 Å². The molecule has 17 heavy (non-hydrogen) atoms. The lowest BCUT2D eigenvalue weighted by Crippen LogP contribution is -2.59. The first-order chi connectivity index (χ1) is 7.29. The highest BCUT2D eigenvalue weighted by atomic mass is 35.5. The van der Waals surface area contributed by atoms with Crippen molar-refractivity contribution >= 4 is 36.3 Å². The van der Waals surface area contributed by atoms with Gasteiger partial charge in [-0.25, -0.2) is 0 Å². The number of aliphatic carboxylic acids is 4. The maximum Gasteiger partial charge on any atom is 0.308 e. The molecule has 0 unspecified atom stereocenters. The Balaban J connectivity index is 0.00000256. The van der Waals surface area contributed by atoms with Crippen molar-refractivity contribution in [3.63, 3.8) is 0 Å². The minimum absolute atomic E-state index is 0. The molecule has 0 saturated heterocycles. The third kappa shape index (κ3) is 2.31. The number of carboxylic acid groups (broad SMARTS) is 4. The van der Waals surface area contributed by atoms with Crippen molar-refractivity contribution in [2.75, 3.05) is 0 Å². The molecule has 1 aliphatic rings. The van der Waals surface area contributed by atoms with Crippen LogP contribution in [0.4, 0.5) is 0 Å². The standard InChI is InChI=1S/C8H8O8.ClH/c9-5(10)1-2(6(11)12)4(8(15)16)3(1)7(13)14;/h1-4H,(H,9,10)(H,11,12)(H,13,14)(H,15,16);1H. The van der Waals surface area contributed by atoms with Crippen molar-refractivity contribution in [1.29, 1.82) is 0 Å². The van der Waals surface area contributed by atoms with Crippen LogP contribution in [0.2, 0.25) is 0 Å². The molecule has 0 spiro atoms. The molecule has 0 aromatic carbocycles. The predicted molar refractivity (Wildman–Crippen MR) is 51.8 cm³/mol. The number of hydrogen-bond acceptors (Lipinski definition) is 4. The molecular weight excluding hydrogens is 260 g/mol. The maximum absolute atomic E-state index is 10.7. The number of halogens is 1. The predicted octanol–water partition coefficient (Wildman–Crippen LogP) is -0.775. The maximum atomic E-state index is 10.7. The van der Waals surface area contributed by atoms with Crippen LogP contribution in [0.25, 0.3) is 0 Å². The molecule has 96 valence electrons. The smallest absolute Gasteiger partial charge is 0.308 e. The van der Waals surface area contributed by atoms with E-state index >= 15 is 0 Å². The van der Waals surface area contributed by atoms with Gasteiger partial charge < -0.3 is 20.4 Å². The zero-order valence-electron chi connectivity index (χ0n) is 8.14. The molecule has 0 atom stereocenters. The van der Waals surface area contributed by atoms with Crippen LogP contribution in [0.5, 0.6) is 0 Å². The Bertz CT molecular complexity index is 298. The second kappa shape index (κ2) is 5.00. The Morgan fingerprint density at radius 2 is 0.647 bits per heavy atom. The van der Waals surface area contributed by atoms with Gasteiger partial charge in [0.05, 0.1) is 23.7 Å². The SMILES string of the molecule is Cl.O=C(O)C1C(C(=O)O)C(C(=O)O)C1C(=O)O. The van der Waals surface area contributed by atoms with Crippen molar-refractivity contribution in [2.24, 2.45) is 23.7 Å². The van der Waals surface area contributed by atoms with E-state index in [4.69, 9.17) is 20.4 Å². The molecule has 0 radical (unpaired) electrons. The molecule has 0 aromatic heterocycles. The first-order valence-corrected chi connectivity index (χ1v) is 4.20. The molecule has 9 heteroatoms. The van der Waals surface area contributed by atoms with Crippen LogP contribution >= 0.6 is 12.4 Å². The van der Waals surface area contributed by atoms with E-state index in [1.54, 1.807) is 0 Å². The Labute approximate surface area is 100 Å². The Morgan fingerprint density at radius 1 is 0.529 bits per heavy atom.